The Kier molecular flexibility index (Phi) is 4.16. The molecule has 3 aromatic heterocycles. The van der Waals surface area contributed by atoms with Gasteiger partial charge in [0, 0.05) is 24.3 Å². The van der Waals surface area contributed by atoms with E-state index in [0.29, 0.717) is 12.3 Å². The molecule has 0 radical (unpaired) electrons. The third-order valence-corrected chi connectivity index (χ3v) is 4.43. The Hall–Kier alpha value is -2.80. The fourth-order valence-electron chi connectivity index (χ4n) is 2.88. The van der Waals surface area contributed by atoms with Gasteiger partial charge in [0.25, 0.3) is 0 Å². The molecule has 0 N–H and O–H groups in total. The van der Waals surface area contributed by atoms with Gasteiger partial charge in [-0.1, -0.05) is 18.5 Å². The highest BCUT2D eigenvalue weighted by molar-refractivity contribution is 6.31. The van der Waals surface area contributed by atoms with Crippen molar-refractivity contribution >= 4 is 17.4 Å². The van der Waals surface area contributed by atoms with E-state index >= 15 is 0 Å². The van der Waals surface area contributed by atoms with E-state index in [0.717, 1.165) is 29.9 Å². The number of hydrogen-bond acceptors (Lipinski definition) is 3. The first-order valence-corrected chi connectivity index (χ1v) is 8.42. The predicted octanol–water partition coefficient (Wildman–Crippen LogP) is 4.14. The molecule has 4 rings (SSSR count). The zero-order valence-electron chi connectivity index (χ0n) is 13.8. The van der Waals surface area contributed by atoms with Gasteiger partial charge in [0.05, 0.1) is 29.0 Å². The molecule has 0 saturated carbocycles. The van der Waals surface area contributed by atoms with Crippen LogP contribution in [0, 0.1) is 11.6 Å². The summed E-state index contributed by atoms with van der Waals surface area (Å²) in [5.41, 5.74) is 1.81. The lowest BCUT2D eigenvalue weighted by Crippen LogP contribution is -2.06. The second-order valence-corrected chi connectivity index (χ2v) is 6.23. The SMILES string of the molecule is CCc1cnc2nc(Cn3ccnc3-c3cc(F)cc(Cl)c3F)ccn12. The average Bonchev–Trinajstić information content (AvgIpc) is 3.24. The highest BCUT2D eigenvalue weighted by Crippen LogP contribution is 2.28. The number of aryl methyl sites for hydroxylation is 1. The summed E-state index contributed by atoms with van der Waals surface area (Å²) in [6.45, 7) is 2.39. The lowest BCUT2D eigenvalue weighted by atomic mass is 10.2. The summed E-state index contributed by atoms with van der Waals surface area (Å²) in [6.07, 6.45) is 7.76. The maximum Gasteiger partial charge on any atom is 0.234 e. The fraction of sp³-hybridized carbons (Fsp3) is 0.167. The summed E-state index contributed by atoms with van der Waals surface area (Å²) >= 11 is 5.75. The van der Waals surface area contributed by atoms with Crippen LogP contribution in [0.1, 0.15) is 18.3 Å². The van der Waals surface area contributed by atoms with E-state index in [2.05, 4.69) is 15.0 Å². The van der Waals surface area contributed by atoms with Crippen molar-refractivity contribution in [1.29, 1.82) is 0 Å². The van der Waals surface area contributed by atoms with Gasteiger partial charge in [-0.05, 0) is 24.6 Å². The van der Waals surface area contributed by atoms with Gasteiger partial charge in [-0.25, -0.2) is 23.7 Å². The summed E-state index contributed by atoms with van der Waals surface area (Å²) in [4.78, 5) is 13.0. The number of halogens is 3. The Balaban J connectivity index is 1.72. The van der Waals surface area contributed by atoms with Gasteiger partial charge in [-0.15, -0.1) is 0 Å². The Morgan fingerprint density at radius 2 is 2.00 bits per heavy atom. The van der Waals surface area contributed by atoms with Gasteiger partial charge in [-0.2, -0.15) is 0 Å². The van der Waals surface area contributed by atoms with Gasteiger partial charge in [0.2, 0.25) is 5.78 Å². The van der Waals surface area contributed by atoms with E-state index in [4.69, 9.17) is 11.6 Å². The van der Waals surface area contributed by atoms with E-state index in [1.54, 1.807) is 17.0 Å². The average molecular weight is 374 g/mol. The molecule has 0 bridgehead atoms. The van der Waals surface area contributed by atoms with Crippen molar-refractivity contribution in [3.63, 3.8) is 0 Å². The Morgan fingerprint density at radius 1 is 1.15 bits per heavy atom. The zero-order chi connectivity index (χ0) is 18.3. The normalized spacial score (nSPS) is 11.4. The Bertz CT molecular complexity index is 1100. The first kappa shape index (κ1) is 16.7. The minimum atomic E-state index is -0.704. The van der Waals surface area contributed by atoms with Crippen LogP contribution in [0.4, 0.5) is 8.78 Å². The molecule has 4 aromatic rings. The van der Waals surface area contributed by atoms with Crippen LogP contribution in [0.2, 0.25) is 5.02 Å². The molecule has 0 unspecified atom stereocenters. The quantitative estimate of drug-likeness (QED) is 0.505. The van der Waals surface area contributed by atoms with Crippen molar-refractivity contribution in [1.82, 2.24) is 23.9 Å². The molecule has 8 heteroatoms. The second kappa shape index (κ2) is 6.49. The molecule has 132 valence electrons. The zero-order valence-corrected chi connectivity index (χ0v) is 14.6. The molecule has 0 saturated heterocycles. The first-order valence-electron chi connectivity index (χ1n) is 8.04. The van der Waals surface area contributed by atoms with E-state index in [1.807, 2.05) is 23.6 Å². The maximum absolute atomic E-state index is 14.3. The van der Waals surface area contributed by atoms with Gasteiger partial charge < -0.3 is 4.57 Å². The van der Waals surface area contributed by atoms with E-state index in [-0.39, 0.29) is 16.4 Å². The number of aromatic nitrogens is 5. The van der Waals surface area contributed by atoms with Crippen molar-refractivity contribution in [3.8, 4) is 11.4 Å². The lowest BCUT2D eigenvalue weighted by Gasteiger charge is -2.10. The lowest BCUT2D eigenvalue weighted by molar-refractivity contribution is 0.601. The number of hydrogen-bond donors (Lipinski definition) is 0. The van der Waals surface area contributed by atoms with Crippen molar-refractivity contribution in [3.05, 3.63) is 71.0 Å². The molecule has 0 fully saturated rings. The summed E-state index contributed by atoms with van der Waals surface area (Å²) in [5.74, 6) is -0.445. The van der Waals surface area contributed by atoms with Crippen LogP contribution in [0.5, 0.6) is 0 Å². The summed E-state index contributed by atoms with van der Waals surface area (Å²) in [5, 5.41) is -0.279. The molecule has 0 amide bonds. The molecule has 0 aliphatic carbocycles. The standard InChI is InChI=1S/C18H14ClF2N5/c1-2-13-9-23-18-24-12(3-5-26(13)18)10-25-6-4-22-17(25)14-7-11(20)8-15(19)16(14)21/h3-9H,2,10H2,1H3. The maximum atomic E-state index is 14.3. The molecule has 0 aliphatic rings. The summed E-state index contributed by atoms with van der Waals surface area (Å²) < 4.78 is 31.6. The molecule has 0 spiro atoms. The Labute approximate surface area is 152 Å². The van der Waals surface area contributed by atoms with Crippen molar-refractivity contribution in [2.45, 2.75) is 19.9 Å². The number of rotatable bonds is 4. The number of imidazole rings is 2. The van der Waals surface area contributed by atoms with Gasteiger partial charge in [0.15, 0.2) is 5.82 Å². The van der Waals surface area contributed by atoms with Crippen LogP contribution in [-0.4, -0.2) is 23.9 Å². The first-order chi connectivity index (χ1) is 12.6. The van der Waals surface area contributed by atoms with Crippen LogP contribution < -0.4 is 0 Å². The molecule has 26 heavy (non-hydrogen) atoms. The van der Waals surface area contributed by atoms with Crippen molar-refractivity contribution in [2.24, 2.45) is 0 Å². The highest BCUT2D eigenvalue weighted by atomic mass is 35.5. The monoisotopic (exact) mass is 373 g/mol. The summed E-state index contributed by atoms with van der Waals surface area (Å²) in [7, 11) is 0. The predicted molar refractivity (Wildman–Crippen MR) is 94.1 cm³/mol. The van der Waals surface area contributed by atoms with Crippen LogP contribution in [0.15, 0.2) is 43.0 Å². The van der Waals surface area contributed by atoms with Gasteiger partial charge in [-0.3, -0.25) is 4.40 Å². The smallest absolute Gasteiger partial charge is 0.234 e. The van der Waals surface area contributed by atoms with E-state index in [9.17, 15) is 8.78 Å². The van der Waals surface area contributed by atoms with Crippen LogP contribution in [-0.2, 0) is 13.0 Å². The molecule has 3 heterocycles. The van der Waals surface area contributed by atoms with Gasteiger partial charge >= 0.3 is 0 Å². The van der Waals surface area contributed by atoms with Crippen LogP contribution >= 0.6 is 11.6 Å². The molecule has 1 aromatic carbocycles. The third-order valence-electron chi connectivity index (χ3n) is 4.16. The molecular formula is C18H14ClF2N5. The molecule has 0 aliphatic heterocycles. The number of nitrogens with zero attached hydrogens (tertiary/aromatic N) is 5. The van der Waals surface area contributed by atoms with E-state index < -0.39 is 11.6 Å². The minimum Gasteiger partial charge on any atom is -0.325 e. The highest BCUT2D eigenvalue weighted by Gasteiger charge is 2.16. The molecule has 5 nitrogen and oxygen atoms in total. The number of benzene rings is 1. The van der Waals surface area contributed by atoms with Crippen LogP contribution in [0.25, 0.3) is 17.2 Å². The topological polar surface area (TPSA) is 48.0 Å². The fourth-order valence-corrected chi connectivity index (χ4v) is 3.09. The van der Waals surface area contributed by atoms with Crippen LogP contribution in [0.3, 0.4) is 0 Å². The number of fused-ring (bicyclic) bond motifs is 1. The van der Waals surface area contributed by atoms with Crippen molar-refractivity contribution in [2.75, 3.05) is 0 Å². The molecular weight excluding hydrogens is 360 g/mol. The van der Waals surface area contributed by atoms with Gasteiger partial charge in [0.1, 0.15) is 11.6 Å². The Morgan fingerprint density at radius 3 is 2.81 bits per heavy atom. The largest absolute Gasteiger partial charge is 0.325 e. The van der Waals surface area contributed by atoms with Crippen molar-refractivity contribution < 1.29 is 8.78 Å². The minimum absolute atomic E-state index is 0.00941. The summed E-state index contributed by atoms with van der Waals surface area (Å²) in [6, 6.07) is 3.89. The molecule has 0 atom stereocenters. The third kappa shape index (κ3) is 2.84. The van der Waals surface area contributed by atoms with E-state index in [1.165, 1.54) is 6.20 Å². The second-order valence-electron chi connectivity index (χ2n) is 5.82.